The number of rotatable bonds is 5. The number of nitrogens with zero attached hydrogens (tertiary/aromatic N) is 1. The highest BCUT2D eigenvalue weighted by Gasteiger charge is 2.26. The molecule has 120 valence electrons. The van der Waals surface area contributed by atoms with Gasteiger partial charge in [-0.25, -0.2) is 0 Å². The van der Waals surface area contributed by atoms with Gasteiger partial charge in [0.05, 0.1) is 6.04 Å². The lowest BCUT2D eigenvalue weighted by Crippen LogP contribution is -2.46. The maximum absolute atomic E-state index is 11.9. The quantitative estimate of drug-likeness (QED) is 0.841. The van der Waals surface area contributed by atoms with E-state index in [0.29, 0.717) is 32.0 Å². The van der Waals surface area contributed by atoms with E-state index < -0.39 is 6.04 Å². The third-order valence-corrected chi connectivity index (χ3v) is 4.01. The molecule has 1 atom stereocenters. The summed E-state index contributed by atoms with van der Waals surface area (Å²) in [5.41, 5.74) is 6.61. The zero-order chi connectivity index (χ0) is 15.9. The Balaban J connectivity index is 1.69. The molecule has 0 radical (unpaired) electrons. The number of ether oxygens (including phenoxy) is 1. The van der Waals surface area contributed by atoms with Gasteiger partial charge in [-0.15, -0.1) is 0 Å². The van der Waals surface area contributed by atoms with Crippen molar-refractivity contribution in [3.8, 4) is 0 Å². The lowest BCUT2D eigenvalue weighted by atomic mass is 9.93. The maximum atomic E-state index is 11.9. The van der Waals surface area contributed by atoms with Crippen LogP contribution in [0, 0.1) is 5.92 Å². The zero-order valence-corrected chi connectivity index (χ0v) is 13.0. The van der Waals surface area contributed by atoms with Gasteiger partial charge in [0.15, 0.2) is 0 Å². The van der Waals surface area contributed by atoms with E-state index in [-0.39, 0.29) is 11.9 Å². The number of carbonyl (C=O) groups is 2. The van der Waals surface area contributed by atoms with Crippen LogP contribution in [0.4, 0.5) is 0 Å². The molecule has 1 aliphatic rings. The average Bonchev–Trinajstić information content (AvgIpc) is 2.54. The first-order valence-electron chi connectivity index (χ1n) is 7.80. The van der Waals surface area contributed by atoms with Crippen LogP contribution in [0.25, 0.3) is 0 Å². The molecule has 0 aromatic heterocycles. The minimum Gasteiger partial charge on any atom is -0.461 e. The van der Waals surface area contributed by atoms with E-state index in [1.165, 1.54) is 0 Å². The van der Waals surface area contributed by atoms with Crippen LogP contribution < -0.4 is 5.73 Å². The minimum atomic E-state index is -0.451. The number of piperidine rings is 1. The maximum Gasteiger partial charge on any atom is 0.306 e. The van der Waals surface area contributed by atoms with Crippen LogP contribution in [0.5, 0.6) is 0 Å². The van der Waals surface area contributed by atoms with Gasteiger partial charge in [-0.3, -0.25) is 9.59 Å². The van der Waals surface area contributed by atoms with Crippen LogP contribution in [0.15, 0.2) is 30.3 Å². The summed E-state index contributed by atoms with van der Waals surface area (Å²) in [7, 11) is 0. The van der Waals surface area contributed by atoms with Crippen molar-refractivity contribution in [2.45, 2.75) is 38.8 Å². The van der Waals surface area contributed by atoms with E-state index in [0.717, 1.165) is 18.4 Å². The van der Waals surface area contributed by atoms with Crippen LogP contribution in [-0.2, 0) is 20.9 Å². The Labute approximate surface area is 131 Å². The number of esters is 1. The lowest BCUT2D eigenvalue weighted by Gasteiger charge is -2.32. The summed E-state index contributed by atoms with van der Waals surface area (Å²) in [5.74, 6) is 0.117. The van der Waals surface area contributed by atoms with Gasteiger partial charge in [-0.2, -0.15) is 0 Å². The van der Waals surface area contributed by atoms with Gasteiger partial charge in [0.25, 0.3) is 0 Å². The van der Waals surface area contributed by atoms with Crippen molar-refractivity contribution in [1.29, 1.82) is 0 Å². The number of hydrogen-bond acceptors (Lipinski definition) is 4. The fourth-order valence-electron chi connectivity index (χ4n) is 2.68. The Morgan fingerprint density at radius 2 is 1.91 bits per heavy atom. The van der Waals surface area contributed by atoms with E-state index in [9.17, 15) is 9.59 Å². The number of hydrogen-bond donors (Lipinski definition) is 1. The smallest absolute Gasteiger partial charge is 0.306 e. The van der Waals surface area contributed by atoms with Crippen LogP contribution in [-0.4, -0.2) is 35.9 Å². The molecule has 1 aliphatic heterocycles. The predicted molar refractivity (Wildman–Crippen MR) is 83.8 cm³/mol. The summed E-state index contributed by atoms with van der Waals surface area (Å²) in [6.45, 7) is 3.38. The molecule has 0 spiro atoms. The zero-order valence-electron chi connectivity index (χ0n) is 13.0. The molecule has 0 saturated carbocycles. The molecule has 1 aromatic carbocycles. The first-order valence-corrected chi connectivity index (χ1v) is 7.80. The second-order valence-corrected chi connectivity index (χ2v) is 5.91. The Hall–Kier alpha value is -1.88. The molecule has 1 amide bonds. The first kappa shape index (κ1) is 16.5. The highest BCUT2D eigenvalue weighted by molar-refractivity contribution is 5.81. The summed E-state index contributed by atoms with van der Waals surface area (Å²) in [4.78, 5) is 25.5. The van der Waals surface area contributed by atoms with Crippen molar-refractivity contribution in [2.24, 2.45) is 11.7 Å². The van der Waals surface area contributed by atoms with E-state index in [2.05, 4.69) is 0 Å². The SMILES string of the molecule is C[C@H](N)C(=O)N1CCC(CC(=O)OCc2ccccc2)CC1. The van der Waals surface area contributed by atoms with Crippen LogP contribution >= 0.6 is 0 Å². The van der Waals surface area contributed by atoms with E-state index in [4.69, 9.17) is 10.5 Å². The van der Waals surface area contributed by atoms with Crippen molar-refractivity contribution >= 4 is 11.9 Å². The van der Waals surface area contributed by atoms with E-state index >= 15 is 0 Å². The summed E-state index contributed by atoms with van der Waals surface area (Å²) >= 11 is 0. The highest BCUT2D eigenvalue weighted by Crippen LogP contribution is 2.21. The lowest BCUT2D eigenvalue weighted by molar-refractivity contribution is -0.146. The number of nitrogens with two attached hydrogens (primary N) is 1. The standard InChI is InChI=1S/C17H24N2O3/c1-13(18)17(21)19-9-7-14(8-10-19)11-16(20)22-12-15-5-3-2-4-6-15/h2-6,13-14H,7-12,18H2,1H3/t13-/m0/s1. The van der Waals surface area contributed by atoms with E-state index in [1.807, 2.05) is 30.3 Å². The summed E-state index contributed by atoms with van der Waals surface area (Å²) in [6, 6.07) is 9.20. The Kier molecular flexibility index (Phi) is 5.95. The first-order chi connectivity index (χ1) is 10.6. The molecule has 1 fully saturated rings. The van der Waals surface area contributed by atoms with Gasteiger partial charge < -0.3 is 15.4 Å². The second-order valence-electron chi connectivity index (χ2n) is 5.91. The fraction of sp³-hybridized carbons (Fsp3) is 0.529. The third-order valence-electron chi connectivity index (χ3n) is 4.01. The van der Waals surface area contributed by atoms with Gasteiger partial charge in [0.1, 0.15) is 6.61 Å². The van der Waals surface area contributed by atoms with Crippen molar-refractivity contribution in [3.63, 3.8) is 0 Å². The number of benzene rings is 1. The average molecular weight is 304 g/mol. The third kappa shape index (κ3) is 4.84. The van der Waals surface area contributed by atoms with Crippen molar-refractivity contribution in [2.75, 3.05) is 13.1 Å². The molecule has 2 rings (SSSR count). The van der Waals surface area contributed by atoms with Crippen LogP contribution in [0.2, 0.25) is 0 Å². The summed E-state index contributed by atoms with van der Waals surface area (Å²) in [6.07, 6.45) is 2.09. The highest BCUT2D eigenvalue weighted by atomic mass is 16.5. The molecule has 0 aliphatic carbocycles. The number of carbonyl (C=O) groups excluding carboxylic acids is 2. The second kappa shape index (κ2) is 7.94. The van der Waals surface area contributed by atoms with Gasteiger partial charge in [0, 0.05) is 19.5 Å². The van der Waals surface area contributed by atoms with Crippen molar-refractivity contribution < 1.29 is 14.3 Å². The fourth-order valence-corrected chi connectivity index (χ4v) is 2.68. The molecule has 22 heavy (non-hydrogen) atoms. The molecule has 2 N–H and O–H groups in total. The molecule has 1 saturated heterocycles. The molecule has 0 unspecified atom stereocenters. The van der Waals surface area contributed by atoms with Crippen molar-refractivity contribution in [3.05, 3.63) is 35.9 Å². The van der Waals surface area contributed by atoms with Crippen molar-refractivity contribution in [1.82, 2.24) is 4.90 Å². The predicted octanol–water partition coefficient (Wildman–Crippen LogP) is 1.71. The Morgan fingerprint density at radius 1 is 1.27 bits per heavy atom. The Morgan fingerprint density at radius 3 is 2.50 bits per heavy atom. The molecule has 5 nitrogen and oxygen atoms in total. The van der Waals surface area contributed by atoms with E-state index in [1.54, 1.807) is 11.8 Å². The molecule has 1 heterocycles. The molecule has 5 heteroatoms. The largest absolute Gasteiger partial charge is 0.461 e. The molecular formula is C17H24N2O3. The Bertz CT molecular complexity index is 494. The van der Waals surface area contributed by atoms with Gasteiger partial charge in [-0.05, 0) is 31.2 Å². The molecule has 1 aromatic rings. The monoisotopic (exact) mass is 304 g/mol. The molecular weight excluding hydrogens is 280 g/mol. The molecule has 0 bridgehead atoms. The van der Waals surface area contributed by atoms with Gasteiger partial charge in [-0.1, -0.05) is 30.3 Å². The van der Waals surface area contributed by atoms with Crippen LogP contribution in [0.3, 0.4) is 0 Å². The van der Waals surface area contributed by atoms with Crippen LogP contribution in [0.1, 0.15) is 31.7 Å². The minimum absolute atomic E-state index is 0.00916. The topological polar surface area (TPSA) is 72.6 Å². The number of likely N-dealkylation sites (tertiary alicyclic amines) is 1. The number of amides is 1. The summed E-state index contributed by atoms with van der Waals surface area (Å²) in [5, 5.41) is 0. The van der Waals surface area contributed by atoms with Gasteiger partial charge >= 0.3 is 5.97 Å². The van der Waals surface area contributed by atoms with Gasteiger partial charge in [0.2, 0.25) is 5.91 Å². The summed E-state index contributed by atoms with van der Waals surface area (Å²) < 4.78 is 5.30. The normalized spacial score (nSPS) is 17.1.